The zero-order valence-electron chi connectivity index (χ0n) is 32.6. The lowest BCUT2D eigenvalue weighted by atomic mass is 9.32. The van der Waals surface area contributed by atoms with Crippen LogP contribution in [-0.2, 0) is 0 Å². The highest BCUT2D eigenvalue weighted by Gasteiger charge is 2.74. The van der Waals surface area contributed by atoms with Gasteiger partial charge < -0.3 is 0 Å². The summed E-state index contributed by atoms with van der Waals surface area (Å²) in [5, 5.41) is 0.885. The zero-order valence-corrected chi connectivity index (χ0v) is 33.5. The van der Waals surface area contributed by atoms with Crippen LogP contribution in [-0.4, -0.2) is 5.87 Å². The highest BCUT2D eigenvalue weighted by atomic mass is 31.2. The first kappa shape index (κ1) is 41.3. The summed E-state index contributed by atoms with van der Waals surface area (Å²) in [4.78, 5) is 0. The number of halogens is 10. The molecule has 7 rings (SSSR count). The van der Waals surface area contributed by atoms with Crippen molar-refractivity contribution in [2.45, 2.75) is 67.2 Å². The van der Waals surface area contributed by atoms with Crippen molar-refractivity contribution in [3.63, 3.8) is 0 Å². The molecule has 0 radical (unpaired) electrons. The summed E-state index contributed by atoms with van der Waals surface area (Å²) in [6.45, 7) is 10.2. The predicted octanol–water partition coefficient (Wildman–Crippen LogP) is 11.7. The van der Waals surface area contributed by atoms with Gasteiger partial charge in [-0.1, -0.05) is 94.9 Å². The second-order valence-corrected chi connectivity index (χ2v) is 19.1. The minimum Gasteiger partial charge on any atom is -0.207 e. The fraction of sp³-hybridized carbons (Fsp3) is 0.217. The number of benzene rings is 5. The first-order valence-electron chi connectivity index (χ1n) is 18.9. The van der Waals surface area contributed by atoms with E-state index in [0.29, 0.717) is 69.1 Å². The molecule has 0 bridgehead atoms. The van der Waals surface area contributed by atoms with Crippen LogP contribution >= 0.6 is 7.14 Å². The Labute approximate surface area is 331 Å². The Balaban J connectivity index is 1.95. The molecule has 0 nitrogen and oxygen atoms in total. The molecule has 58 heavy (non-hydrogen) atoms. The summed E-state index contributed by atoms with van der Waals surface area (Å²) in [5.41, 5.74) is 0.624. The molecule has 0 spiro atoms. The normalized spacial score (nSPS) is 16.2. The summed E-state index contributed by atoms with van der Waals surface area (Å²) in [6.07, 6.45) is 6.84. The van der Waals surface area contributed by atoms with E-state index in [4.69, 9.17) is 0 Å². The third-order valence-electron chi connectivity index (χ3n) is 11.8. The van der Waals surface area contributed by atoms with Gasteiger partial charge in [-0.05, 0) is 108 Å². The molecule has 0 saturated heterocycles. The molecule has 0 atom stereocenters. The minimum atomic E-state index is -4.47. The Bertz CT molecular complexity index is 2410. The first-order valence-corrected chi connectivity index (χ1v) is 20.7. The molecular formula is C46H38BF10P. The number of allylic oxidation sites excluding steroid dienone is 5. The van der Waals surface area contributed by atoms with Gasteiger partial charge in [-0.15, -0.1) is 5.47 Å². The van der Waals surface area contributed by atoms with Gasteiger partial charge in [-0.3, -0.25) is 0 Å². The molecule has 0 amide bonds. The van der Waals surface area contributed by atoms with E-state index in [1.54, 1.807) is 96.1 Å². The van der Waals surface area contributed by atoms with Crippen molar-refractivity contribution in [1.82, 2.24) is 0 Å². The van der Waals surface area contributed by atoms with Crippen molar-refractivity contribution in [2.24, 2.45) is 0 Å². The van der Waals surface area contributed by atoms with E-state index in [0.717, 1.165) is 6.42 Å². The quantitative estimate of drug-likeness (QED) is 0.0504. The van der Waals surface area contributed by atoms with E-state index in [9.17, 15) is 0 Å². The summed E-state index contributed by atoms with van der Waals surface area (Å²) in [7, 11) is -4.47. The Hall–Kier alpha value is -4.89. The molecule has 0 N–H and O–H groups in total. The van der Waals surface area contributed by atoms with E-state index in [1.807, 2.05) is 6.08 Å². The van der Waals surface area contributed by atoms with Crippen LogP contribution in [0.2, 0.25) is 0 Å². The molecule has 5 aromatic rings. The van der Waals surface area contributed by atoms with E-state index in [-0.39, 0.29) is 16.1 Å². The lowest BCUT2D eigenvalue weighted by Crippen LogP contribution is -2.75. The zero-order chi connectivity index (χ0) is 42.2. The smallest absolute Gasteiger partial charge is 0.207 e. The molecule has 0 saturated carbocycles. The molecule has 2 aliphatic rings. The molecule has 0 aromatic heterocycles. The average molecular weight is 823 g/mol. The standard InChI is InChI=1S/C46H38BF10P/c1-23-19-25(3)44(26(4)20-23)58(45-27(5)21-24(2)22-28(45)6)46(30-15-11-8-12-16-30)31(18-17-29-13-9-7-10-14-29)47(58,32-34(48)38(52)42(56)39(53)35(32)49)33-36(50)40(54)43(57)41(55)37(33)51/h7,9-10,13-15,17-22H,8,11-12,16H2,1-6H3/b18-17+. The molecule has 0 fully saturated rings. The fourth-order valence-corrected chi connectivity index (χ4v) is 17.5. The minimum absolute atomic E-state index is 0.277. The van der Waals surface area contributed by atoms with Crippen molar-refractivity contribution in [2.75, 3.05) is 0 Å². The number of hydrogen-bond acceptors (Lipinski definition) is 0. The van der Waals surface area contributed by atoms with Crippen LogP contribution < -0.4 is 21.5 Å². The SMILES string of the molecule is Cc1cc(C)c([P+]2(c3c(C)cc(C)cc3C)C(C3=CCCCC3)=C(/C=C/c3ccccc3)[B-]2(c2c(F)c(F)c(F)c(F)c2F)c2c(F)c(F)c(F)c(F)c2F)c(C)c1. The predicted molar refractivity (Wildman–Crippen MR) is 214 cm³/mol. The molecule has 12 heteroatoms. The Morgan fingerprint density at radius 2 is 0.897 bits per heavy atom. The van der Waals surface area contributed by atoms with E-state index < -0.39 is 82.1 Å². The van der Waals surface area contributed by atoms with Gasteiger partial charge >= 0.3 is 0 Å². The average Bonchev–Trinajstić information content (AvgIpc) is 3.18. The molecular weight excluding hydrogens is 784 g/mol. The second-order valence-electron chi connectivity index (χ2n) is 15.5. The number of aryl methyl sites for hydroxylation is 6. The van der Waals surface area contributed by atoms with Crippen LogP contribution in [0.25, 0.3) is 6.08 Å². The first-order chi connectivity index (χ1) is 27.4. The third kappa shape index (κ3) is 5.77. The summed E-state index contributed by atoms with van der Waals surface area (Å²) < 4.78 is 163. The van der Waals surface area contributed by atoms with Gasteiger partial charge in [0.25, 0.3) is 5.87 Å². The summed E-state index contributed by atoms with van der Waals surface area (Å²) in [5.74, 6) is -29.0. The molecule has 1 heterocycles. The monoisotopic (exact) mass is 822 g/mol. The molecule has 1 aliphatic heterocycles. The summed E-state index contributed by atoms with van der Waals surface area (Å²) >= 11 is 0. The van der Waals surface area contributed by atoms with Gasteiger partial charge in [0, 0.05) is 5.31 Å². The van der Waals surface area contributed by atoms with Gasteiger partial charge in [-0.2, -0.15) is 0 Å². The van der Waals surface area contributed by atoms with Crippen molar-refractivity contribution in [3.8, 4) is 0 Å². The van der Waals surface area contributed by atoms with Crippen LogP contribution in [0, 0.1) is 99.7 Å². The molecule has 1 aliphatic carbocycles. The van der Waals surface area contributed by atoms with Crippen LogP contribution in [0.5, 0.6) is 0 Å². The van der Waals surface area contributed by atoms with Crippen LogP contribution in [0.15, 0.2) is 83.1 Å². The van der Waals surface area contributed by atoms with Crippen molar-refractivity contribution in [1.29, 1.82) is 0 Å². The van der Waals surface area contributed by atoms with Crippen LogP contribution in [0.1, 0.15) is 64.6 Å². The maximum absolute atomic E-state index is 17.3. The van der Waals surface area contributed by atoms with Gasteiger partial charge in [-0.25, -0.2) is 43.9 Å². The number of rotatable bonds is 7. The number of hydrogen-bond donors (Lipinski definition) is 0. The van der Waals surface area contributed by atoms with Gasteiger partial charge in [0.15, 0.2) is 34.9 Å². The fourth-order valence-electron chi connectivity index (χ4n) is 10.2. The highest BCUT2D eigenvalue weighted by molar-refractivity contribution is 8.27. The molecule has 5 aromatic carbocycles. The summed E-state index contributed by atoms with van der Waals surface area (Å²) in [6, 6.07) is 15.2. The lowest BCUT2D eigenvalue weighted by Gasteiger charge is -2.63. The van der Waals surface area contributed by atoms with Crippen molar-refractivity contribution < 1.29 is 43.9 Å². The highest BCUT2D eigenvalue weighted by Crippen LogP contribution is 2.83. The van der Waals surface area contributed by atoms with E-state index in [1.165, 1.54) is 12.2 Å². The second kappa shape index (κ2) is 15.1. The molecule has 0 unspecified atom stereocenters. The van der Waals surface area contributed by atoms with Crippen molar-refractivity contribution in [3.05, 3.63) is 180 Å². The van der Waals surface area contributed by atoms with Crippen LogP contribution in [0.3, 0.4) is 0 Å². The van der Waals surface area contributed by atoms with Crippen LogP contribution in [0.4, 0.5) is 43.9 Å². The Kier molecular flexibility index (Phi) is 10.7. The lowest BCUT2D eigenvalue weighted by molar-refractivity contribution is 0.382. The Morgan fingerprint density at radius 3 is 1.28 bits per heavy atom. The third-order valence-corrected chi connectivity index (χ3v) is 17.8. The van der Waals surface area contributed by atoms with Gasteiger partial charge in [0.1, 0.15) is 23.3 Å². The Morgan fingerprint density at radius 1 is 0.500 bits per heavy atom. The van der Waals surface area contributed by atoms with Gasteiger partial charge in [0.05, 0.1) is 10.6 Å². The maximum Gasteiger partial charge on any atom is 0.277 e. The molecule has 300 valence electrons. The van der Waals surface area contributed by atoms with Gasteiger partial charge in [0.2, 0.25) is 0 Å². The van der Waals surface area contributed by atoms with E-state index >= 15 is 43.9 Å². The van der Waals surface area contributed by atoms with E-state index in [2.05, 4.69) is 0 Å². The van der Waals surface area contributed by atoms with Crippen molar-refractivity contribution >= 4 is 40.6 Å². The maximum atomic E-state index is 17.3. The largest absolute Gasteiger partial charge is 0.277 e. The topological polar surface area (TPSA) is 0 Å².